The molecule has 0 aromatic rings. The molecule has 10 heteroatoms. The van der Waals surface area contributed by atoms with E-state index in [1.54, 1.807) is 0 Å². The van der Waals surface area contributed by atoms with Crippen molar-refractivity contribution in [2.45, 2.75) is 226 Å². The Kier molecular flexibility index (Phi) is 46.4. The van der Waals surface area contributed by atoms with E-state index in [2.05, 4.69) is 99.0 Å². The van der Waals surface area contributed by atoms with Gasteiger partial charge < -0.3 is 19.4 Å². The number of nitrogens with zero attached hydrogens (tertiary/aromatic N) is 1. The predicted molar refractivity (Wildman–Crippen MR) is 295 cm³/mol. The van der Waals surface area contributed by atoms with Gasteiger partial charge in [0, 0.05) is 12.8 Å². The van der Waals surface area contributed by atoms with E-state index < -0.39 is 20.0 Å². The number of amides is 1. The van der Waals surface area contributed by atoms with Gasteiger partial charge in [-0.2, -0.15) is 0 Å². The van der Waals surface area contributed by atoms with Gasteiger partial charge in [-0.15, -0.1) is 0 Å². The summed E-state index contributed by atoms with van der Waals surface area (Å²) in [6.07, 6.45) is 64.2. The summed E-state index contributed by atoms with van der Waals surface area (Å²) < 4.78 is 30.5. The van der Waals surface area contributed by atoms with E-state index >= 15 is 0 Å². The van der Waals surface area contributed by atoms with Crippen molar-refractivity contribution < 1.29 is 37.3 Å². The zero-order chi connectivity index (χ0) is 50.8. The molecule has 0 bridgehead atoms. The highest BCUT2D eigenvalue weighted by Crippen LogP contribution is 2.43. The molecule has 0 aliphatic rings. The number of hydrogen-bond acceptors (Lipinski definition) is 6. The lowest BCUT2D eigenvalue weighted by atomic mass is 10.0. The number of hydrogen-bond donors (Lipinski definition) is 2. The lowest BCUT2D eigenvalue weighted by Gasteiger charge is -2.27. The van der Waals surface area contributed by atoms with Gasteiger partial charge in [0.05, 0.1) is 33.8 Å². The zero-order valence-electron chi connectivity index (χ0n) is 45.0. The number of esters is 1. The number of ether oxygens (including phenoxy) is 1. The molecule has 2 N–H and O–H groups in total. The maximum absolute atomic E-state index is 13.4. The van der Waals surface area contributed by atoms with Crippen LogP contribution in [0.2, 0.25) is 0 Å². The summed E-state index contributed by atoms with van der Waals surface area (Å²) in [5.41, 5.74) is 0. The Bertz CT molecular complexity index is 1510. The van der Waals surface area contributed by atoms with Crippen LogP contribution in [0.3, 0.4) is 0 Å². The SMILES string of the molecule is CC/C=C\C/C=C\C/C=C\C/C=C\C/C=C\C/C=C\CCC(=O)NC(COP(=O)(O)OCC[N+](C)(C)C)C(/C=C/CCCCCCCCCCCCC)OC(=O)CCCCCCC/C=C\CCCC. The van der Waals surface area contributed by atoms with Crippen LogP contribution < -0.4 is 5.32 Å². The van der Waals surface area contributed by atoms with Crippen LogP contribution in [0.15, 0.2) is 97.2 Å². The number of nitrogens with one attached hydrogen (secondary N) is 1. The van der Waals surface area contributed by atoms with Crippen LogP contribution in [0.1, 0.15) is 213 Å². The highest BCUT2D eigenvalue weighted by molar-refractivity contribution is 7.47. The maximum Gasteiger partial charge on any atom is 0.472 e. The van der Waals surface area contributed by atoms with Gasteiger partial charge in [-0.1, -0.05) is 208 Å². The van der Waals surface area contributed by atoms with Crippen molar-refractivity contribution >= 4 is 19.7 Å². The molecule has 9 nitrogen and oxygen atoms in total. The third-order valence-electron chi connectivity index (χ3n) is 11.5. The van der Waals surface area contributed by atoms with Crippen LogP contribution in [-0.2, 0) is 27.9 Å². The molecule has 0 rings (SSSR count). The van der Waals surface area contributed by atoms with Gasteiger partial charge >= 0.3 is 13.8 Å². The quantitative estimate of drug-likeness (QED) is 0.0205. The second-order valence-corrected chi connectivity index (χ2v) is 20.8. The van der Waals surface area contributed by atoms with E-state index in [1.165, 1.54) is 70.6 Å². The monoisotopic (exact) mass is 984 g/mol. The average molecular weight is 984 g/mol. The second-order valence-electron chi connectivity index (χ2n) is 19.4. The van der Waals surface area contributed by atoms with Crippen molar-refractivity contribution in [1.29, 1.82) is 0 Å². The first kappa shape index (κ1) is 65.9. The molecule has 1 amide bonds. The summed E-state index contributed by atoms with van der Waals surface area (Å²) in [4.78, 5) is 37.4. The Morgan fingerprint density at radius 1 is 0.522 bits per heavy atom. The van der Waals surface area contributed by atoms with Crippen LogP contribution in [-0.4, -0.2) is 74.3 Å². The van der Waals surface area contributed by atoms with Crippen LogP contribution in [0.4, 0.5) is 0 Å². The van der Waals surface area contributed by atoms with Crippen molar-refractivity contribution in [3.05, 3.63) is 97.2 Å². The van der Waals surface area contributed by atoms with E-state index in [0.29, 0.717) is 23.9 Å². The van der Waals surface area contributed by atoms with Crippen molar-refractivity contribution in [1.82, 2.24) is 5.32 Å². The number of rotatable bonds is 48. The van der Waals surface area contributed by atoms with Gasteiger partial charge in [-0.05, 0) is 89.5 Å². The number of carbonyl (C=O) groups excluding carboxylic acids is 2. The molecule has 0 spiro atoms. The first-order valence-corrected chi connectivity index (χ1v) is 29.1. The Labute approximate surface area is 424 Å². The third kappa shape index (κ3) is 49.7. The number of likely N-dealkylation sites (N-methyl/N-ethyl adjacent to an activating group) is 1. The topological polar surface area (TPSA) is 111 Å². The first-order valence-electron chi connectivity index (χ1n) is 27.6. The minimum absolute atomic E-state index is 0.0210. The van der Waals surface area contributed by atoms with Gasteiger partial charge in [-0.25, -0.2) is 4.57 Å². The molecule has 0 aromatic heterocycles. The molecule has 0 aliphatic carbocycles. The smallest absolute Gasteiger partial charge is 0.456 e. The van der Waals surface area contributed by atoms with Crippen molar-refractivity contribution in [2.75, 3.05) is 40.9 Å². The summed E-state index contributed by atoms with van der Waals surface area (Å²) in [5, 5.41) is 2.99. The maximum atomic E-state index is 13.4. The molecule has 0 saturated heterocycles. The molecule has 69 heavy (non-hydrogen) atoms. The fourth-order valence-electron chi connectivity index (χ4n) is 7.24. The molecular formula is C59H104N2O7P+. The minimum Gasteiger partial charge on any atom is -0.456 e. The number of phosphoric acid groups is 1. The molecule has 0 aliphatic heterocycles. The standard InChI is InChI=1S/C59H103N2O7P/c1-7-10-13-16-19-22-25-27-28-29-30-31-32-34-37-39-42-45-48-51-58(62)60-56(55-67-69(64,65)66-54-53-61(4,5)6)57(50-47-44-41-38-36-33-26-23-20-17-14-11-8-2)68-59(63)52-49-46-43-40-35-24-21-18-15-12-9-3/h10,13,18-19,21-22,27-28,30-31,34,37,42,45,47,50,56-57H,7-9,11-12,14-17,20,23-26,29,32-33,35-36,38-41,43-44,46,48-49,51-55H2,1-6H3,(H-,60,62,64,65)/p+1/b13-10-,21-18-,22-19-,28-27-,31-30-,37-34-,45-42-,50-47+. The Balaban J connectivity index is 5.51. The fraction of sp³-hybridized carbons (Fsp3) is 0.695. The molecule has 3 atom stereocenters. The first-order chi connectivity index (χ1) is 33.4. The van der Waals surface area contributed by atoms with Crippen LogP contribution >= 0.6 is 7.82 Å². The third-order valence-corrected chi connectivity index (χ3v) is 12.5. The summed E-state index contributed by atoms with van der Waals surface area (Å²) >= 11 is 0. The lowest BCUT2D eigenvalue weighted by Crippen LogP contribution is -2.47. The lowest BCUT2D eigenvalue weighted by molar-refractivity contribution is -0.870. The summed E-state index contributed by atoms with van der Waals surface area (Å²) in [6, 6.07) is -0.895. The molecule has 0 fully saturated rings. The van der Waals surface area contributed by atoms with E-state index in [9.17, 15) is 19.0 Å². The van der Waals surface area contributed by atoms with Crippen molar-refractivity contribution in [3.63, 3.8) is 0 Å². The number of phosphoric ester groups is 1. The summed E-state index contributed by atoms with van der Waals surface area (Å²) in [6.45, 7) is 6.77. The van der Waals surface area contributed by atoms with E-state index in [1.807, 2.05) is 45.4 Å². The number of allylic oxidation sites excluding steroid dienone is 15. The summed E-state index contributed by atoms with van der Waals surface area (Å²) in [5.74, 6) is -0.622. The van der Waals surface area contributed by atoms with Gasteiger partial charge in [0.1, 0.15) is 19.3 Å². The predicted octanol–water partition coefficient (Wildman–Crippen LogP) is 16.4. The molecular weight excluding hydrogens is 880 g/mol. The molecule has 396 valence electrons. The van der Waals surface area contributed by atoms with Gasteiger partial charge in [0.25, 0.3) is 0 Å². The molecule has 3 unspecified atom stereocenters. The Morgan fingerprint density at radius 2 is 0.957 bits per heavy atom. The largest absolute Gasteiger partial charge is 0.472 e. The van der Waals surface area contributed by atoms with Crippen LogP contribution in [0.5, 0.6) is 0 Å². The number of quaternary nitrogens is 1. The van der Waals surface area contributed by atoms with Crippen molar-refractivity contribution in [2.24, 2.45) is 0 Å². The van der Waals surface area contributed by atoms with E-state index in [4.69, 9.17) is 13.8 Å². The fourth-order valence-corrected chi connectivity index (χ4v) is 7.97. The molecule has 0 radical (unpaired) electrons. The van der Waals surface area contributed by atoms with Crippen molar-refractivity contribution in [3.8, 4) is 0 Å². The summed E-state index contributed by atoms with van der Waals surface area (Å²) in [7, 11) is 1.43. The molecule has 0 heterocycles. The highest BCUT2D eigenvalue weighted by Gasteiger charge is 2.30. The van der Waals surface area contributed by atoms with Gasteiger partial charge in [-0.3, -0.25) is 18.6 Å². The number of unbranched alkanes of at least 4 members (excludes halogenated alkanes) is 18. The Hall–Kier alpha value is -3.07. The van der Waals surface area contributed by atoms with E-state index in [-0.39, 0.29) is 37.9 Å². The van der Waals surface area contributed by atoms with Crippen LogP contribution in [0, 0.1) is 0 Å². The normalized spacial score (nSPS) is 14.6. The number of carbonyl (C=O) groups is 2. The zero-order valence-corrected chi connectivity index (χ0v) is 45.9. The van der Waals surface area contributed by atoms with Gasteiger partial charge in [0.15, 0.2) is 0 Å². The molecule has 0 aromatic carbocycles. The van der Waals surface area contributed by atoms with Gasteiger partial charge in [0.2, 0.25) is 5.91 Å². The highest BCUT2D eigenvalue weighted by atomic mass is 31.2. The Morgan fingerprint density at radius 3 is 1.46 bits per heavy atom. The molecule has 0 saturated carbocycles. The van der Waals surface area contributed by atoms with E-state index in [0.717, 1.165) is 96.3 Å². The second kappa shape index (κ2) is 48.6. The minimum atomic E-state index is -4.47. The average Bonchev–Trinajstić information content (AvgIpc) is 3.31. The van der Waals surface area contributed by atoms with Crippen LogP contribution in [0.25, 0.3) is 0 Å².